The van der Waals surface area contributed by atoms with Crippen LogP contribution in [0.3, 0.4) is 0 Å². The second kappa shape index (κ2) is 28.1. The standard InChI is InChI=1S/C51H83FN6O17/c1-29-23-51(8,68-12)47(75-49-44(61)39(21-30(2)72-49)56(9)18-17-36-26-57(55-53-36)38(25-52)22-35-13-15-37(16-14-35)58(64)65)32(4)45(74-41-24-50(7,67-11)46(62)34(6)73-41)33(5)48(63)70-27-40(59)43(60)31(3)42(29)54-71-28-69-20-19-66-10/h13-16,26,29-34,38-41,43-47,49,59-62H,17-25,27-28H2,1-12H3/b54-42+/t29-,30-,31+,32+,33-,34+,38?,39+,40-,41+,43-,44-,45+,46+,47-,49+,50-,51-/m1/s1. The van der Waals surface area contributed by atoms with E-state index in [0.29, 0.717) is 43.0 Å². The van der Waals surface area contributed by atoms with Gasteiger partial charge in [-0.1, -0.05) is 43.3 Å². The molecule has 1 unspecified atom stereocenters. The summed E-state index contributed by atoms with van der Waals surface area (Å²) < 4.78 is 70.9. The average molecular weight is 1070 g/mol. The Morgan fingerprint density at radius 3 is 2.29 bits per heavy atom. The molecule has 1 aromatic carbocycles. The smallest absolute Gasteiger partial charge is 0.311 e. The van der Waals surface area contributed by atoms with E-state index < -0.39 is 133 Å². The molecule has 0 bridgehead atoms. The summed E-state index contributed by atoms with van der Waals surface area (Å²) in [6.45, 7) is 13.6. The maximum atomic E-state index is 14.4. The lowest BCUT2D eigenvalue weighted by Gasteiger charge is -2.50. The van der Waals surface area contributed by atoms with Crippen LogP contribution in [-0.2, 0) is 65.1 Å². The average Bonchev–Trinajstić information content (AvgIpc) is 3.87. The summed E-state index contributed by atoms with van der Waals surface area (Å²) in [7, 11) is 6.40. The van der Waals surface area contributed by atoms with Crippen molar-refractivity contribution in [3.05, 3.63) is 51.8 Å². The van der Waals surface area contributed by atoms with Crippen molar-refractivity contribution in [2.24, 2.45) is 28.8 Å². The van der Waals surface area contributed by atoms with Gasteiger partial charge in [0.1, 0.15) is 31.6 Å². The number of nitrogens with zero attached hydrogens (tertiary/aromatic N) is 6. The van der Waals surface area contributed by atoms with Crippen molar-refractivity contribution >= 4 is 17.4 Å². The van der Waals surface area contributed by atoms with Crippen molar-refractivity contribution < 1.29 is 82.0 Å². The minimum atomic E-state index is -1.52. The van der Waals surface area contributed by atoms with Crippen LogP contribution in [0.15, 0.2) is 35.6 Å². The molecular weight excluding hydrogens is 988 g/mol. The second-order valence-corrected chi connectivity index (χ2v) is 21.0. The molecule has 4 N–H and O–H groups in total. The van der Waals surface area contributed by atoms with Gasteiger partial charge in [-0.3, -0.25) is 14.9 Å². The molecule has 3 saturated heterocycles. The number of alkyl halides is 1. The normalized spacial score (nSPS) is 36.5. The van der Waals surface area contributed by atoms with E-state index in [9.17, 15) is 39.7 Å². The SMILES string of the molecule is COCCOCO/N=C1\[C@H](C)C[C@@](C)(OC)[C@H](O[C@@H]2O[C@H](C)C[C@H](N(C)CCc3cn(C(CF)Cc4ccc([N+](=O)[O-])cc4)nn3)[C@H]2O)[C@@H](C)[C@H](O[C@H]2C[C@@](C)(OC)[C@@H](O)[C@H](C)O2)[C@@H](C)C(=O)OC[C@@H](O)[C@H](O)[C@H]1C. The number of nitro groups is 1. The molecule has 0 amide bonds. The number of hydrogen-bond donors (Lipinski definition) is 4. The van der Waals surface area contributed by atoms with Crippen LogP contribution in [0.4, 0.5) is 10.1 Å². The first-order valence-electron chi connectivity index (χ1n) is 25.8. The largest absolute Gasteiger partial charge is 0.463 e. The molecule has 0 spiro atoms. The number of hydrogen-bond acceptors (Lipinski definition) is 21. The van der Waals surface area contributed by atoms with Crippen molar-refractivity contribution in [2.75, 3.05) is 68.2 Å². The zero-order chi connectivity index (χ0) is 55.4. The summed E-state index contributed by atoms with van der Waals surface area (Å²) in [5.41, 5.74) is -0.835. The quantitative estimate of drug-likeness (QED) is 0.0457. The van der Waals surface area contributed by atoms with Gasteiger partial charge in [0, 0.05) is 82.8 Å². The first kappa shape index (κ1) is 62.0. The van der Waals surface area contributed by atoms with Gasteiger partial charge in [-0.25, -0.2) is 9.07 Å². The zero-order valence-corrected chi connectivity index (χ0v) is 45.6. The molecule has 2 aromatic rings. The monoisotopic (exact) mass is 1070 g/mol. The molecule has 0 radical (unpaired) electrons. The summed E-state index contributed by atoms with van der Waals surface area (Å²) >= 11 is 0. The van der Waals surface area contributed by atoms with Gasteiger partial charge < -0.3 is 72.8 Å². The number of aromatic nitrogens is 3. The minimum absolute atomic E-state index is 0.0588. The number of nitro benzene ring substituents is 1. The van der Waals surface area contributed by atoms with Gasteiger partial charge in [0.15, 0.2) is 12.6 Å². The Balaban J connectivity index is 1.46. The molecule has 1 aromatic heterocycles. The Labute approximate surface area is 439 Å². The predicted octanol–water partition coefficient (Wildman–Crippen LogP) is 3.56. The van der Waals surface area contributed by atoms with Crippen LogP contribution in [0.25, 0.3) is 0 Å². The van der Waals surface area contributed by atoms with Crippen molar-refractivity contribution in [3.63, 3.8) is 0 Å². The summed E-state index contributed by atoms with van der Waals surface area (Å²) in [5.74, 6) is -4.00. The Morgan fingerprint density at radius 1 is 0.960 bits per heavy atom. The maximum Gasteiger partial charge on any atom is 0.311 e. The fourth-order valence-electron chi connectivity index (χ4n) is 10.5. The molecule has 3 aliphatic heterocycles. The highest BCUT2D eigenvalue weighted by Crippen LogP contribution is 2.41. The fourth-order valence-corrected chi connectivity index (χ4v) is 10.5. The number of methoxy groups -OCH3 is 3. The number of halogens is 1. The van der Waals surface area contributed by atoms with Crippen molar-refractivity contribution in [1.29, 1.82) is 0 Å². The maximum absolute atomic E-state index is 14.4. The molecule has 5 rings (SSSR count). The van der Waals surface area contributed by atoms with E-state index in [-0.39, 0.29) is 38.3 Å². The van der Waals surface area contributed by atoms with Gasteiger partial charge in [0.05, 0.1) is 83.2 Å². The number of likely N-dealkylation sites (N-methyl/N-ethyl adjacent to an activating group) is 1. The number of cyclic esters (lactones) is 1. The molecule has 24 heteroatoms. The number of esters is 1. The van der Waals surface area contributed by atoms with Gasteiger partial charge in [0.25, 0.3) is 5.69 Å². The molecule has 23 nitrogen and oxygen atoms in total. The number of rotatable bonds is 21. The zero-order valence-electron chi connectivity index (χ0n) is 45.6. The number of benzene rings is 1. The van der Waals surface area contributed by atoms with E-state index in [2.05, 4.69) is 15.5 Å². The van der Waals surface area contributed by atoms with Gasteiger partial charge in [-0.2, -0.15) is 0 Å². The van der Waals surface area contributed by atoms with Crippen LogP contribution in [0.1, 0.15) is 92.0 Å². The highest BCUT2D eigenvalue weighted by Gasteiger charge is 2.53. The van der Waals surface area contributed by atoms with E-state index >= 15 is 0 Å². The Bertz CT molecular complexity index is 2110. The number of aliphatic hydroxyl groups excluding tert-OH is 4. The summed E-state index contributed by atoms with van der Waals surface area (Å²) in [6, 6.07) is 4.75. The van der Waals surface area contributed by atoms with Crippen LogP contribution in [0.5, 0.6) is 0 Å². The first-order chi connectivity index (χ1) is 35.5. The highest BCUT2D eigenvalue weighted by molar-refractivity contribution is 5.88. The van der Waals surface area contributed by atoms with Gasteiger partial charge in [0.2, 0.25) is 6.79 Å². The van der Waals surface area contributed by atoms with Gasteiger partial charge >= 0.3 is 5.97 Å². The number of aliphatic hydroxyl groups is 4. The van der Waals surface area contributed by atoms with Gasteiger partial charge in [-0.15, -0.1) is 5.10 Å². The van der Waals surface area contributed by atoms with Crippen LogP contribution >= 0.6 is 0 Å². The lowest BCUT2D eigenvalue weighted by molar-refractivity contribution is -0.384. The number of carbonyl (C=O) groups excluding carboxylic acids is 1. The van der Waals surface area contributed by atoms with E-state index in [1.54, 1.807) is 53.1 Å². The lowest BCUT2D eigenvalue weighted by atomic mass is 9.75. The van der Waals surface area contributed by atoms with E-state index in [1.165, 1.54) is 31.0 Å². The summed E-state index contributed by atoms with van der Waals surface area (Å²) in [6.07, 6.45) is -7.86. The van der Waals surface area contributed by atoms with Crippen LogP contribution in [0.2, 0.25) is 0 Å². The van der Waals surface area contributed by atoms with Crippen LogP contribution in [0, 0.1) is 33.8 Å². The molecule has 18 atom stereocenters. The van der Waals surface area contributed by atoms with E-state index in [1.807, 2.05) is 39.6 Å². The molecule has 4 heterocycles. The van der Waals surface area contributed by atoms with E-state index in [4.69, 9.17) is 47.5 Å². The molecule has 3 aliphatic rings. The Hall–Kier alpha value is -3.89. The second-order valence-electron chi connectivity index (χ2n) is 21.0. The molecule has 3 fully saturated rings. The third-order valence-corrected chi connectivity index (χ3v) is 15.3. The third-order valence-electron chi connectivity index (χ3n) is 15.3. The summed E-state index contributed by atoms with van der Waals surface area (Å²) in [5, 5.41) is 70.3. The van der Waals surface area contributed by atoms with Crippen molar-refractivity contribution in [2.45, 2.75) is 172 Å². The predicted molar refractivity (Wildman–Crippen MR) is 268 cm³/mol. The fraction of sp³-hybridized carbons (Fsp3) is 0.804. The van der Waals surface area contributed by atoms with Gasteiger partial charge in [-0.05, 0) is 66.5 Å². The number of non-ortho nitro benzene ring substituents is 1. The van der Waals surface area contributed by atoms with Crippen LogP contribution < -0.4 is 0 Å². The van der Waals surface area contributed by atoms with Crippen molar-refractivity contribution in [3.8, 4) is 0 Å². The Kier molecular flexibility index (Phi) is 23.2. The summed E-state index contributed by atoms with van der Waals surface area (Å²) in [4.78, 5) is 32.4. The number of oxime groups is 1. The highest BCUT2D eigenvalue weighted by atomic mass is 19.1. The molecule has 0 saturated carbocycles. The molecule has 426 valence electrons. The number of ether oxygens (including phenoxy) is 9. The Morgan fingerprint density at radius 2 is 1.65 bits per heavy atom. The van der Waals surface area contributed by atoms with Crippen molar-refractivity contribution in [1.82, 2.24) is 19.9 Å². The molecular formula is C51H83FN6O17. The van der Waals surface area contributed by atoms with Crippen LogP contribution in [-0.4, -0.2) is 204 Å². The molecule has 75 heavy (non-hydrogen) atoms. The van der Waals surface area contributed by atoms with E-state index in [0.717, 1.165) is 0 Å². The first-order valence-corrected chi connectivity index (χ1v) is 25.8. The third kappa shape index (κ3) is 15.9. The molecule has 0 aliphatic carbocycles. The lowest BCUT2D eigenvalue weighted by Crippen LogP contribution is -2.61. The number of carbonyl (C=O) groups is 1. The topological polar surface area (TPSA) is 280 Å². The minimum Gasteiger partial charge on any atom is -0.463 e.